The first-order valence-electron chi connectivity index (χ1n) is 37.7. The Balaban J connectivity index is 3.40. The maximum Gasteiger partial charge on any atom is 0.305 e. The molecule has 6 nitrogen and oxygen atoms in total. The Labute approximate surface area is 519 Å². The van der Waals surface area contributed by atoms with Gasteiger partial charge >= 0.3 is 5.97 Å². The first-order valence-corrected chi connectivity index (χ1v) is 37.7. The largest absolute Gasteiger partial charge is 0.466 e. The quantitative estimate of drug-likeness (QED) is 0.0320. The number of nitrogens with one attached hydrogen (secondary N) is 1. The molecule has 1 amide bonds. The van der Waals surface area contributed by atoms with Gasteiger partial charge in [-0.3, -0.25) is 9.59 Å². The molecular formula is C77H147NO5. The zero-order valence-electron chi connectivity index (χ0n) is 56.2. The van der Waals surface area contributed by atoms with E-state index in [1.165, 1.54) is 334 Å². The van der Waals surface area contributed by atoms with Crippen LogP contribution in [0.4, 0.5) is 0 Å². The van der Waals surface area contributed by atoms with Crippen molar-refractivity contribution < 1.29 is 24.5 Å². The fourth-order valence-electron chi connectivity index (χ4n) is 11.9. The standard InChI is InChI=1S/C77H147NO5/c1-3-5-7-9-11-13-15-17-19-21-23-24-25-28-31-34-37-41-45-49-53-57-61-65-69-75(80)74(73-79)78-76(81)70-66-62-58-54-50-46-42-38-35-32-29-26-27-30-33-36-40-44-48-52-56-60-64-68-72-83-77(82)71-67-63-59-55-51-47-43-39-22-20-18-16-14-12-10-8-6-4-2/h14,16,20,22,29,32,74-75,79-80H,3-13,15,17-19,21,23-28,30-31,33-73H2,1-2H3,(H,78,81)/b16-14-,22-20-,32-29-. The van der Waals surface area contributed by atoms with Crippen LogP contribution < -0.4 is 5.32 Å². The summed E-state index contributed by atoms with van der Waals surface area (Å²) in [6.45, 7) is 4.97. The van der Waals surface area contributed by atoms with Gasteiger partial charge in [-0.15, -0.1) is 0 Å². The number of allylic oxidation sites excluding steroid dienone is 6. The van der Waals surface area contributed by atoms with Crippen LogP contribution in [0.15, 0.2) is 36.5 Å². The summed E-state index contributed by atoms with van der Waals surface area (Å²) in [4.78, 5) is 24.7. The first-order chi connectivity index (χ1) is 41.0. The van der Waals surface area contributed by atoms with Crippen LogP contribution in [-0.4, -0.2) is 47.4 Å². The number of hydrogen-bond donors (Lipinski definition) is 3. The number of unbranched alkanes of at least 4 members (excludes halogenated alkanes) is 54. The van der Waals surface area contributed by atoms with E-state index in [0.717, 1.165) is 51.4 Å². The number of rotatable bonds is 71. The summed E-state index contributed by atoms with van der Waals surface area (Å²) in [5, 5.41) is 23.5. The predicted molar refractivity (Wildman–Crippen MR) is 366 cm³/mol. The Morgan fingerprint density at radius 1 is 0.337 bits per heavy atom. The van der Waals surface area contributed by atoms with E-state index in [9.17, 15) is 19.8 Å². The third-order valence-corrected chi connectivity index (χ3v) is 17.7. The Kier molecular flexibility index (Phi) is 70.9. The number of ether oxygens (including phenoxy) is 1. The Hall–Kier alpha value is -1.92. The van der Waals surface area contributed by atoms with E-state index in [1.54, 1.807) is 0 Å². The summed E-state index contributed by atoms with van der Waals surface area (Å²) in [6, 6.07) is -0.547. The van der Waals surface area contributed by atoms with Crippen molar-refractivity contribution in [2.24, 2.45) is 0 Å². The van der Waals surface area contributed by atoms with Crippen molar-refractivity contribution in [2.45, 2.75) is 431 Å². The van der Waals surface area contributed by atoms with E-state index in [0.29, 0.717) is 25.9 Å². The van der Waals surface area contributed by atoms with Crippen LogP contribution in [0.1, 0.15) is 418 Å². The Morgan fingerprint density at radius 3 is 0.940 bits per heavy atom. The molecule has 3 N–H and O–H groups in total. The highest BCUT2D eigenvalue weighted by Gasteiger charge is 2.20. The molecule has 83 heavy (non-hydrogen) atoms. The Morgan fingerprint density at radius 2 is 0.602 bits per heavy atom. The van der Waals surface area contributed by atoms with Crippen molar-refractivity contribution in [3.05, 3.63) is 36.5 Å². The minimum absolute atomic E-state index is 0.00608. The molecule has 6 heteroatoms. The molecule has 0 spiro atoms. The summed E-state index contributed by atoms with van der Waals surface area (Å²) < 4.78 is 5.50. The molecule has 0 aliphatic heterocycles. The van der Waals surface area contributed by atoms with Gasteiger partial charge in [-0.05, 0) is 83.5 Å². The molecule has 490 valence electrons. The van der Waals surface area contributed by atoms with Crippen LogP contribution in [0, 0.1) is 0 Å². The summed E-state index contributed by atoms with van der Waals surface area (Å²) in [7, 11) is 0. The van der Waals surface area contributed by atoms with E-state index in [4.69, 9.17) is 4.74 Å². The number of aliphatic hydroxyl groups is 2. The number of carbonyl (C=O) groups excluding carboxylic acids is 2. The fraction of sp³-hybridized carbons (Fsp3) is 0.896. The number of aliphatic hydroxyl groups excluding tert-OH is 2. The molecule has 2 unspecified atom stereocenters. The van der Waals surface area contributed by atoms with E-state index < -0.39 is 12.1 Å². The Bertz CT molecular complexity index is 1340. The lowest BCUT2D eigenvalue weighted by atomic mass is 10.0. The zero-order chi connectivity index (χ0) is 59.9. The number of esters is 1. The highest BCUT2D eigenvalue weighted by atomic mass is 16.5. The highest BCUT2D eigenvalue weighted by molar-refractivity contribution is 5.76. The van der Waals surface area contributed by atoms with Crippen molar-refractivity contribution in [3.8, 4) is 0 Å². The van der Waals surface area contributed by atoms with E-state index in [2.05, 4.69) is 55.6 Å². The predicted octanol–water partition coefficient (Wildman–Crippen LogP) is 24.7. The molecule has 0 bridgehead atoms. The van der Waals surface area contributed by atoms with Gasteiger partial charge in [-0.25, -0.2) is 0 Å². The number of hydrogen-bond acceptors (Lipinski definition) is 5. The first kappa shape index (κ1) is 81.1. The molecule has 0 aromatic heterocycles. The molecule has 0 saturated heterocycles. The van der Waals surface area contributed by atoms with Crippen molar-refractivity contribution in [3.63, 3.8) is 0 Å². The van der Waals surface area contributed by atoms with Gasteiger partial charge in [-0.1, -0.05) is 359 Å². The van der Waals surface area contributed by atoms with Crippen LogP contribution in [0.25, 0.3) is 0 Å². The van der Waals surface area contributed by atoms with Gasteiger partial charge in [0.1, 0.15) is 0 Å². The van der Waals surface area contributed by atoms with E-state index in [-0.39, 0.29) is 18.5 Å². The smallest absolute Gasteiger partial charge is 0.305 e. The van der Waals surface area contributed by atoms with Crippen LogP contribution in [0.2, 0.25) is 0 Å². The lowest BCUT2D eigenvalue weighted by Crippen LogP contribution is -2.45. The van der Waals surface area contributed by atoms with Gasteiger partial charge < -0.3 is 20.3 Å². The topological polar surface area (TPSA) is 95.9 Å². The molecule has 0 radical (unpaired) electrons. The minimum Gasteiger partial charge on any atom is -0.466 e. The zero-order valence-corrected chi connectivity index (χ0v) is 56.2. The summed E-state index contributed by atoms with van der Waals surface area (Å²) in [6.07, 6.45) is 93.5. The fourth-order valence-corrected chi connectivity index (χ4v) is 11.9. The molecule has 0 aliphatic rings. The normalized spacial score (nSPS) is 12.7. The number of amides is 1. The van der Waals surface area contributed by atoms with E-state index >= 15 is 0 Å². The second kappa shape index (κ2) is 72.6. The van der Waals surface area contributed by atoms with Crippen molar-refractivity contribution in [1.29, 1.82) is 0 Å². The average molecular weight is 1170 g/mol. The van der Waals surface area contributed by atoms with Gasteiger partial charge in [0, 0.05) is 12.8 Å². The lowest BCUT2D eigenvalue weighted by Gasteiger charge is -2.22. The second-order valence-electron chi connectivity index (χ2n) is 26.0. The summed E-state index contributed by atoms with van der Waals surface area (Å²) in [5.74, 6) is -0.0288. The van der Waals surface area contributed by atoms with Crippen molar-refractivity contribution >= 4 is 11.9 Å². The van der Waals surface area contributed by atoms with Gasteiger partial charge in [0.2, 0.25) is 5.91 Å². The van der Waals surface area contributed by atoms with Gasteiger partial charge in [0.05, 0.1) is 25.4 Å². The molecule has 0 fully saturated rings. The van der Waals surface area contributed by atoms with Gasteiger partial charge in [-0.2, -0.15) is 0 Å². The molecule has 0 aliphatic carbocycles. The third kappa shape index (κ3) is 69.1. The molecule has 2 atom stereocenters. The second-order valence-corrected chi connectivity index (χ2v) is 26.0. The molecule has 0 aromatic rings. The number of carbonyl (C=O) groups is 2. The SMILES string of the molecule is CCCCCC/C=C\C/C=C\CCCCCCCCCC(=O)OCCCCCCCCCCCCCC/C=C\CCCCCCCCCCC(=O)NC(CO)C(O)CCCCCCCCCCCCCCCCCCCCCCCCCC. The van der Waals surface area contributed by atoms with Crippen LogP contribution in [0.5, 0.6) is 0 Å². The van der Waals surface area contributed by atoms with Crippen LogP contribution in [0.3, 0.4) is 0 Å². The molecule has 0 saturated carbocycles. The van der Waals surface area contributed by atoms with Crippen LogP contribution in [-0.2, 0) is 14.3 Å². The van der Waals surface area contributed by atoms with Crippen LogP contribution >= 0.6 is 0 Å². The van der Waals surface area contributed by atoms with Crippen molar-refractivity contribution in [1.82, 2.24) is 5.32 Å². The maximum absolute atomic E-state index is 12.6. The van der Waals surface area contributed by atoms with Crippen molar-refractivity contribution in [2.75, 3.05) is 13.2 Å². The molecular weight excluding hydrogens is 1020 g/mol. The molecule has 0 rings (SSSR count). The minimum atomic E-state index is -0.669. The lowest BCUT2D eigenvalue weighted by molar-refractivity contribution is -0.143. The summed E-state index contributed by atoms with van der Waals surface area (Å²) in [5.41, 5.74) is 0. The van der Waals surface area contributed by atoms with Gasteiger partial charge in [0.25, 0.3) is 0 Å². The average Bonchev–Trinajstić information content (AvgIpc) is 3.49. The summed E-state index contributed by atoms with van der Waals surface area (Å²) >= 11 is 0. The van der Waals surface area contributed by atoms with Gasteiger partial charge in [0.15, 0.2) is 0 Å². The highest BCUT2D eigenvalue weighted by Crippen LogP contribution is 2.19. The molecule has 0 aromatic carbocycles. The molecule has 0 heterocycles. The maximum atomic E-state index is 12.6. The monoisotopic (exact) mass is 1170 g/mol. The third-order valence-electron chi connectivity index (χ3n) is 17.7. The van der Waals surface area contributed by atoms with E-state index in [1.807, 2.05) is 0 Å².